The fourth-order valence-corrected chi connectivity index (χ4v) is 4.30. The number of ether oxygens (including phenoxy) is 1. The van der Waals surface area contributed by atoms with E-state index in [0.29, 0.717) is 17.2 Å². The van der Waals surface area contributed by atoms with E-state index >= 15 is 0 Å². The minimum atomic E-state index is -0.274. The number of carbonyl (C=O) groups excluding carboxylic acids is 1. The largest absolute Gasteiger partial charge is 0.380 e. The van der Waals surface area contributed by atoms with E-state index in [4.69, 9.17) is 4.74 Å². The molecule has 2 heterocycles. The molecule has 0 saturated carbocycles. The van der Waals surface area contributed by atoms with Gasteiger partial charge in [0.25, 0.3) is 0 Å². The molecule has 0 saturated heterocycles. The Hall–Kier alpha value is -3.41. The Labute approximate surface area is 192 Å². The molecule has 2 aromatic heterocycles. The molecule has 1 aromatic carbocycles. The fraction of sp³-hybridized carbons (Fsp3) is 0.250. The smallest absolute Gasteiger partial charge is 0.250 e. The van der Waals surface area contributed by atoms with Gasteiger partial charge in [-0.1, -0.05) is 30.0 Å². The summed E-state index contributed by atoms with van der Waals surface area (Å²) in [5.41, 5.74) is 8.64. The molecule has 3 aromatic rings. The van der Waals surface area contributed by atoms with E-state index in [-0.39, 0.29) is 11.7 Å². The summed E-state index contributed by atoms with van der Waals surface area (Å²) in [6.07, 6.45) is 1.65. The molecule has 0 atom stereocenters. The van der Waals surface area contributed by atoms with Gasteiger partial charge in [-0.15, -0.1) is 0 Å². The molecule has 0 aliphatic heterocycles. The van der Waals surface area contributed by atoms with Gasteiger partial charge in [-0.2, -0.15) is 10.4 Å². The SMILES string of the molecule is COCc1cc(C)nc(SCC(=O)NN=Cc2cc(C)n(-c3ccccc3)c2C)c1C#N. The highest BCUT2D eigenvalue weighted by molar-refractivity contribution is 8.00. The summed E-state index contributed by atoms with van der Waals surface area (Å²) in [5.74, 6) is -0.179. The van der Waals surface area contributed by atoms with Crippen LogP contribution < -0.4 is 5.43 Å². The number of nitrogens with one attached hydrogen (secondary N) is 1. The van der Waals surface area contributed by atoms with Gasteiger partial charge in [0.2, 0.25) is 5.91 Å². The number of nitrogens with zero attached hydrogens (tertiary/aromatic N) is 4. The first-order valence-electron chi connectivity index (χ1n) is 10.0. The number of aromatic nitrogens is 2. The van der Waals surface area contributed by atoms with Crippen LogP contribution >= 0.6 is 11.8 Å². The highest BCUT2D eigenvalue weighted by Gasteiger charge is 2.14. The number of hydrogen-bond acceptors (Lipinski definition) is 6. The van der Waals surface area contributed by atoms with Crippen LogP contribution in [0.15, 0.2) is 52.6 Å². The number of nitriles is 1. The predicted octanol–water partition coefficient (Wildman–Crippen LogP) is 4.06. The fourth-order valence-electron chi connectivity index (χ4n) is 3.44. The van der Waals surface area contributed by atoms with Gasteiger partial charge in [0.05, 0.1) is 24.1 Å². The lowest BCUT2D eigenvalue weighted by molar-refractivity contribution is -0.118. The number of aryl methyl sites for hydroxylation is 2. The topological polar surface area (TPSA) is 92.3 Å². The monoisotopic (exact) mass is 447 g/mol. The van der Waals surface area contributed by atoms with Crippen LogP contribution in [0.25, 0.3) is 5.69 Å². The van der Waals surface area contributed by atoms with Crippen molar-refractivity contribution in [3.63, 3.8) is 0 Å². The Bertz CT molecular complexity index is 1180. The van der Waals surface area contributed by atoms with Gasteiger partial charge in [-0.25, -0.2) is 10.4 Å². The molecule has 0 aliphatic rings. The standard InChI is InChI=1S/C24H25N5O2S/c1-16-10-20(14-31-4)22(12-25)24(27-16)32-15-23(30)28-26-13-19-11-17(2)29(18(19)3)21-8-6-5-7-9-21/h5-11,13H,14-15H2,1-4H3,(H,28,30). The van der Waals surface area contributed by atoms with Crippen molar-refractivity contribution in [2.24, 2.45) is 5.10 Å². The van der Waals surface area contributed by atoms with Crippen LogP contribution in [0, 0.1) is 32.1 Å². The highest BCUT2D eigenvalue weighted by Crippen LogP contribution is 2.24. The number of hydrogen-bond donors (Lipinski definition) is 1. The number of rotatable bonds is 8. The number of thioether (sulfide) groups is 1. The maximum atomic E-state index is 12.3. The average molecular weight is 448 g/mol. The number of pyridine rings is 1. The van der Waals surface area contributed by atoms with Crippen molar-refractivity contribution < 1.29 is 9.53 Å². The van der Waals surface area contributed by atoms with E-state index in [1.807, 2.05) is 63.2 Å². The minimum absolute atomic E-state index is 0.0952. The third-order valence-corrected chi connectivity index (χ3v) is 5.80. The molecule has 0 aliphatic carbocycles. The zero-order valence-corrected chi connectivity index (χ0v) is 19.4. The third-order valence-electron chi connectivity index (χ3n) is 4.83. The Kier molecular flexibility index (Phi) is 7.82. The summed E-state index contributed by atoms with van der Waals surface area (Å²) in [5, 5.41) is 14.1. The zero-order chi connectivity index (χ0) is 23.1. The van der Waals surface area contributed by atoms with Crippen molar-refractivity contribution in [3.05, 3.63) is 76.2 Å². The van der Waals surface area contributed by atoms with Crippen LogP contribution in [0.5, 0.6) is 0 Å². The van der Waals surface area contributed by atoms with Gasteiger partial charge in [0, 0.05) is 35.4 Å². The van der Waals surface area contributed by atoms with Crippen LogP contribution in [0.1, 0.15) is 33.8 Å². The first-order valence-corrected chi connectivity index (χ1v) is 11.0. The zero-order valence-electron chi connectivity index (χ0n) is 18.5. The second kappa shape index (κ2) is 10.8. The highest BCUT2D eigenvalue weighted by atomic mass is 32.2. The van der Waals surface area contributed by atoms with Gasteiger partial charge in [0.15, 0.2) is 0 Å². The molecule has 0 unspecified atom stereocenters. The minimum Gasteiger partial charge on any atom is -0.380 e. The van der Waals surface area contributed by atoms with Gasteiger partial charge in [-0.3, -0.25) is 4.79 Å². The van der Waals surface area contributed by atoms with Crippen LogP contribution in [-0.2, 0) is 16.1 Å². The number of benzene rings is 1. The Morgan fingerprint density at radius 3 is 2.72 bits per heavy atom. The van der Waals surface area contributed by atoms with E-state index in [2.05, 4.69) is 26.1 Å². The maximum absolute atomic E-state index is 12.3. The van der Waals surface area contributed by atoms with Crippen molar-refractivity contribution in [2.75, 3.05) is 12.9 Å². The molecule has 32 heavy (non-hydrogen) atoms. The molecule has 164 valence electrons. The third kappa shape index (κ3) is 5.44. The molecule has 1 amide bonds. The first kappa shape index (κ1) is 23.3. The van der Waals surface area contributed by atoms with Crippen molar-refractivity contribution in [1.82, 2.24) is 15.0 Å². The molecular formula is C24H25N5O2S. The van der Waals surface area contributed by atoms with Gasteiger partial charge >= 0.3 is 0 Å². The summed E-state index contributed by atoms with van der Waals surface area (Å²) < 4.78 is 7.30. The van der Waals surface area contributed by atoms with Gasteiger partial charge < -0.3 is 9.30 Å². The summed E-state index contributed by atoms with van der Waals surface area (Å²) in [7, 11) is 1.58. The molecule has 0 fully saturated rings. The molecule has 8 heteroatoms. The molecule has 0 spiro atoms. The van der Waals surface area contributed by atoms with Gasteiger partial charge in [0.1, 0.15) is 11.1 Å². The van der Waals surface area contributed by atoms with Crippen LogP contribution in [0.4, 0.5) is 0 Å². The maximum Gasteiger partial charge on any atom is 0.250 e. The quantitative estimate of drug-likeness (QED) is 0.319. The number of amides is 1. The Balaban J connectivity index is 1.65. The summed E-state index contributed by atoms with van der Waals surface area (Å²) in [6.45, 7) is 6.22. The number of methoxy groups -OCH3 is 1. The lowest BCUT2D eigenvalue weighted by atomic mass is 10.1. The first-order chi connectivity index (χ1) is 15.4. The number of para-hydroxylation sites is 1. The van der Waals surface area contributed by atoms with E-state index in [1.54, 1.807) is 13.3 Å². The van der Waals surface area contributed by atoms with Crippen LogP contribution in [0.2, 0.25) is 0 Å². The second-order valence-electron chi connectivity index (χ2n) is 7.23. The summed E-state index contributed by atoms with van der Waals surface area (Å²) >= 11 is 1.21. The Morgan fingerprint density at radius 1 is 1.28 bits per heavy atom. The number of carbonyl (C=O) groups is 1. The molecule has 0 radical (unpaired) electrons. The molecule has 1 N–H and O–H groups in total. The van der Waals surface area contributed by atoms with Crippen molar-refractivity contribution in [3.8, 4) is 11.8 Å². The van der Waals surface area contributed by atoms with Gasteiger partial charge in [-0.05, 0) is 50.6 Å². The molecule has 7 nitrogen and oxygen atoms in total. The second-order valence-corrected chi connectivity index (χ2v) is 8.19. The van der Waals surface area contributed by atoms with E-state index in [0.717, 1.165) is 33.9 Å². The molecule has 3 rings (SSSR count). The van der Waals surface area contributed by atoms with E-state index < -0.39 is 0 Å². The van der Waals surface area contributed by atoms with E-state index in [1.165, 1.54) is 11.8 Å². The lowest BCUT2D eigenvalue weighted by Gasteiger charge is -2.09. The van der Waals surface area contributed by atoms with Crippen molar-refractivity contribution in [1.29, 1.82) is 5.26 Å². The normalized spacial score (nSPS) is 11.0. The van der Waals surface area contributed by atoms with Crippen LogP contribution in [-0.4, -0.2) is 34.5 Å². The molecule has 0 bridgehead atoms. The van der Waals surface area contributed by atoms with Crippen LogP contribution in [0.3, 0.4) is 0 Å². The molecular weight excluding hydrogens is 422 g/mol. The Morgan fingerprint density at radius 2 is 2.03 bits per heavy atom. The van der Waals surface area contributed by atoms with Crippen molar-refractivity contribution >= 4 is 23.9 Å². The summed E-state index contributed by atoms with van der Waals surface area (Å²) in [4.78, 5) is 16.7. The number of hydrazone groups is 1. The lowest BCUT2D eigenvalue weighted by Crippen LogP contribution is -2.20. The summed E-state index contributed by atoms with van der Waals surface area (Å²) in [6, 6.07) is 16.1. The predicted molar refractivity (Wildman–Crippen MR) is 126 cm³/mol. The van der Waals surface area contributed by atoms with Crippen molar-refractivity contribution in [2.45, 2.75) is 32.4 Å². The average Bonchev–Trinajstić information content (AvgIpc) is 3.06. The van der Waals surface area contributed by atoms with E-state index in [9.17, 15) is 10.1 Å².